The number of aromatic hydroxyl groups is 1. The first-order valence-corrected chi connectivity index (χ1v) is 15.0. The van der Waals surface area contributed by atoms with E-state index in [-0.39, 0.29) is 29.7 Å². The predicted octanol–water partition coefficient (Wildman–Crippen LogP) is 3.41. The number of nitrogens with one attached hydrogen (secondary N) is 1. The normalized spacial score (nSPS) is 23.3. The average Bonchev–Trinajstić information content (AvgIpc) is 3.03. The van der Waals surface area contributed by atoms with E-state index in [1.807, 2.05) is 0 Å². The van der Waals surface area contributed by atoms with Crippen molar-refractivity contribution in [2.45, 2.75) is 24.5 Å². The standard InChI is InChI=1S/C35H33N3O10/c1-38(2)28-23-15-17-14-22-21(16-4-6-18(7-5-16)37-34(45)48-20-10-8-19(47-3)9-11-20)12-13-24(39)26(22)29(40)25(17)31(42)35(23,46)32(43)27(30(28)41)33(36)44/h4-13,17,23,28,39,41-42,46H,14-15H2,1-3H3,(H2,36,44)(H,37,45)/t17-,23+,28+,35-/m0/s1. The van der Waals surface area contributed by atoms with E-state index >= 15 is 0 Å². The van der Waals surface area contributed by atoms with Gasteiger partial charge in [0.15, 0.2) is 11.4 Å². The zero-order valence-electron chi connectivity index (χ0n) is 26.2. The van der Waals surface area contributed by atoms with Crippen LogP contribution in [-0.4, -0.2) is 81.7 Å². The number of hydrogen-bond donors (Lipinski definition) is 6. The number of phenols is 1. The molecule has 0 heterocycles. The highest BCUT2D eigenvalue weighted by Gasteiger charge is 2.63. The van der Waals surface area contributed by atoms with Crippen LogP contribution in [0.5, 0.6) is 17.2 Å². The number of likely N-dealkylation sites (N-methyl/N-ethyl adjacent to an activating group) is 1. The molecular weight excluding hydrogens is 622 g/mol. The summed E-state index contributed by atoms with van der Waals surface area (Å²) >= 11 is 0. The maximum Gasteiger partial charge on any atom is 0.417 e. The number of primary amides is 1. The zero-order chi connectivity index (χ0) is 34.7. The molecule has 3 aromatic carbocycles. The van der Waals surface area contributed by atoms with Gasteiger partial charge in [0.2, 0.25) is 5.78 Å². The maximum absolute atomic E-state index is 14.0. The Bertz CT molecular complexity index is 1930. The Morgan fingerprint density at radius 3 is 2.21 bits per heavy atom. The lowest BCUT2D eigenvalue weighted by atomic mass is 9.58. The number of allylic oxidation sites excluding steroid dienone is 1. The van der Waals surface area contributed by atoms with Crippen molar-refractivity contribution in [1.29, 1.82) is 0 Å². The second-order valence-corrected chi connectivity index (χ2v) is 12.2. The quantitative estimate of drug-likeness (QED) is 0.212. The third-order valence-electron chi connectivity index (χ3n) is 9.32. The number of hydrogen-bond acceptors (Lipinski definition) is 11. The fourth-order valence-corrected chi connectivity index (χ4v) is 7.15. The summed E-state index contributed by atoms with van der Waals surface area (Å²) in [7, 11) is 4.67. The van der Waals surface area contributed by atoms with Crippen LogP contribution < -0.4 is 20.5 Å². The molecule has 248 valence electrons. The number of methoxy groups -OCH3 is 1. The summed E-state index contributed by atoms with van der Waals surface area (Å²) < 4.78 is 10.4. The average molecular weight is 656 g/mol. The highest BCUT2D eigenvalue weighted by atomic mass is 16.6. The minimum Gasteiger partial charge on any atom is -0.510 e. The van der Waals surface area contributed by atoms with Gasteiger partial charge in [-0.15, -0.1) is 0 Å². The topological polar surface area (TPSA) is 209 Å². The van der Waals surface area contributed by atoms with Crippen molar-refractivity contribution < 1.29 is 49.1 Å². The molecule has 13 nitrogen and oxygen atoms in total. The van der Waals surface area contributed by atoms with E-state index in [4.69, 9.17) is 15.2 Å². The zero-order valence-corrected chi connectivity index (χ0v) is 26.2. The Kier molecular flexibility index (Phi) is 7.97. The molecule has 3 aliphatic rings. The van der Waals surface area contributed by atoms with Crippen molar-refractivity contribution in [2.75, 3.05) is 26.5 Å². The molecular formula is C35H33N3O10. The van der Waals surface area contributed by atoms with Gasteiger partial charge in [-0.25, -0.2) is 4.79 Å². The number of amides is 2. The molecule has 48 heavy (non-hydrogen) atoms. The molecule has 3 aromatic rings. The lowest BCUT2D eigenvalue weighted by Gasteiger charge is -2.50. The molecule has 0 bridgehead atoms. The van der Waals surface area contributed by atoms with Gasteiger partial charge < -0.3 is 35.6 Å². The molecule has 6 rings (SSSR count). The van der Waals surface area contributed by atoms with Crippen LogP contribution in [-0.2, 0) is 16.0 Å². The predicted molar refractivity (Wildman–Crippen MR) is 172 cm³/mol. The number of ether oxygens (including phenoxy) is 2. The van der Waals surface area contributed by atoms with Gasteiger partial charge in [0.05, 0.1) is 18.7 Å². The summed E-state index contributed by atoms with van der Waals surface area (Å²) in [6.07, 6.45) is -0.607. The van der Waals surface area contributed by atoms with Crippen LogP contribution in [0.1, 0.15) is 22.3 Å². The molecule has 2 amide bonds. The van der Waals surface area contributed by atoms with Crippen molar-refractivity contribution in [1.82, 2.24) is 4.90 Å². The number of carbonyl (C=O) groups excluding carboxylic acids is 4. The molecule has 0 saturated heterocycles. The van der Waals surface area contributed by atoms with E-state index in [9.17, 15) is 39.6 Å². The third-order valence-corrected chi connectivity index (χ3v) is 9.32. The molecule has 0 saturated carbocycles. The molecule has 13 heteroatoms. The lowest BCUT2D eigenvalue weighted by Crippen LogP contribution is -2.63. The Balaban J connectivity index is 1.33. The number of phenolic OH excluding ortho intramolecular Hbond substituents is 1. The minimum atomic E-state index is -2.71. The summed E-state index contributed by atoms with van der Waals surface area (Å²) in [5.41, 5.74) is 3.65. The first-order chi connectivity index (χ1) is 22.8. The number of aliphatic hydroxyl groups excluding tert-OH is 2. The largest absolute Gasteiger partial charge is 0.510 e. The Morgan fingerprint density at radius 2 is 1.60 bits per heavy atom. The van der Waals surface area contributed by atoms with Crippen LogP contribution in [0.15, 0.2) is 83.3 Å². The number of rotatable bonds is 6. The van der Waals surface area contributed by atoms with E-state index < -0.39 is 64.1 Å². The molecule has 0 radical (unpaired) electrons. The second-order valence-electron chi connectivity index (χ2n) is 12.2. The van der Waals surface area contributed by atoms with Gasteiger partial charge >= 0.3 is 6.09 Å². The SMILES string of the molecule is COc1ccc(OC(=O)Nc2ccc(-c3ccc(O)c4c3C[C@H]3C[C@@H]5[C@@H](N(C)C)C(O)=C(C(N)=O)C(=O)[C@@]5(O)C(O)=C3C4=O)cc2)cc1. The van der Waals surface area contributed by atoms with Crippen LogP contribution in [0.4, 0.5) is 10.5 Å². The van der Waals surface area contributed by atoms with Gasteiger partial charge in [0.1, 0.15) is 34.3 Å². The van der Waals surface area contributed by atoms with Crippen molar-refractivity contribution in [3.8, 4) is 28.4 Å². The highest BCUT2D eigenvalue weighted by Crippen LogP contribution is 2.53. The number of benzene rings is 3. The maximum atomic E-state index is 14.0. The second kappa shape index (κ2) is 11.9. The molecule has 0 aromatic heterocycles. The van der Waals surface area contributed by atoms with Crippen molar-refractivity contribution in [3.05, 3.63) is 94.5 Å². The number of nitrogens with zero attached hydrogens (tertiary/aromatic N) is 1. The Labute approximate surface area is 274 Å². The van der Waals surface area contributed by atoms with E-state index in [0.29, 0.717) is 33.9 Å². The Morgan fingerprint density at radius 1 is 0.958 bits per heavy atom. The number of carbonyl (C=O) groups is 4. The van der Waals surface area contributed by atoms with E-state index in [0.717, 1.165) is 0 Å². The van der Waals surface area contributed by atoms with Crippen molar-refractivity contribution >= 4 is 29.3 Å². The summed E-state index contributed by atoms with van der Waals surface area (Å²) in [6.45, 7) is 0. The summed E-state index contributed by atoms with van der Waals surface area (Å²) in [5, 5.41) is 47.7. The summed E-state index contributed by atoms with van der Waals surface area (Å²) in [5.74, 6) is -6.19. The van der Waals surface area contributed by atoms with Crippen molar-refractivity contribution in [3.63, 3.8) is 0 Å². The molecule has 0 aliphatic heterocycles. The number of Topliss-reactive ketones (excluding diaryl/α,β-unsaturated/α-hetero) is 2. The van der Waals surface area contributed by atoms with Gasteiger partial charge in [-0.2, -0.15) is 0 Å². The van der Waals surface area contributed by atoms with Crippen LogP contribution in [0.2, 0.25) is 0 Å². The van der Waals surface area contributed by atoms with Gasteiger partial charge in [-0.3, -0.25) is 24.6 Å². The number of fused-ring (bicyclic) bond motifs is 3. The van der Waals surface area contributed by atoms with Gasteiger partial charge in [0, 0.05) is 17.2 Å². The van der Waals surface area contributed by atoms with E-state index in [2.05, 4.69) is 5.32 Å². The molecule has 0 fully saturated rings. The smallest absolute Gasteiger partial charge is 0.417 e. The number of nitrogens with two attached hydrogens (primary N) is 1. The molecule has 7 N–H and O–H groups in total. The fourth-order valence-electron chi connectivity index (χ4n) is 7.15. The van der Waals surface area contributed by atoms with Crippen LogP contribution >= 0.6 is 0 Å². The number of aliphatic hydroxyl groups is 3. The first-order valence-electron chi connectivity index (χ1n) is 15.0. The molecule has 3 aliphatic carbocycles. The highest BCUT2D eigenvalue weighted by molar-refractivity contribution is 6.25. The number of anilines is 1. The van der Waals surface area contributed by atoms with E-state index in [1.54, 1.807) is 68.7 Å². The third kappa shape index (κ3) is 5.04. The van der Waals surface area contributed by atoms with Gasteiger partial charge in [0.25, 0.3) is 5.91 Å². The van der Waals surface area contributed by atoms with E-state index in [1.165, 1.54) is 18.1 Å². The monoisotopic (exact) mass is 655 g/mol. The van der Waals surface area contributed by atoms with Crippen LogP contribution in [0.25, 0.3) is 11.1 Å². The molecule has 0 spiro atoms. The van der Waals surface area contributed by atoms with Crippen LogP contribution in [0.3, 0.4) is 0 Å². The molecule has 4 atom stereocenters. The fraction of sp³-hybridized carbons (Fsp3) is 0.257. The minimum absolute atomic E-state index is 0.0278. The first kappa shape index (κ1) is 32.3. The summed E-state index contributed by atoms with van der Waals surface area (Å²) in [6, 6.07) is 15.1. The van der Waals surface area contributed by atoms with Gasteiger partial charge in [-0.05, 0) is 92.0 Å². The Hall–Kier alpha value is -5.66. The van der Waals surface area contributed by atoms with Gasteiger partial charge in [-0.1, -0.05) is 18.2 Å². The summed E-state index contributed by atoms with van der Waals surface area (Å²) in [4.78, 5) is 53.6. The lowest BCUT2D eigenvalue weighted by molar-refractivity contribution is -0.148. The molecule has 0 unspecified atom stereocenters. The number of ketones is 2. The van der Waals surface area contributed by atoms with Crippen LogP contribution in [0, 0.1) is 11.8 Å². The van der Waals surface area contributed by atoms with Crippen molar-refractivity contribution in [2.24, 2.45) is 17.6 Å².